The minimum atomic E-state index is 0.672. The zero-order chi connectivity index (χ0) is 17.2. The van der Waals surface area contributed by atoms with Gasteiger partial charge in [-0.05, 0) is 66.8 Å². The third-order valence-electron chi connectivity index (χ3n) is 5.62. The molecule has 1 saturated carbocycles. The molecule has 0 heterocycles. The van der Waals surface area contributed by atoms with Crippen molar-refractivity contribution in [2.75, 3.05) is 20.8 Å². The lowest BCUT2D eigenvalue weighted by Crippen LogP contribution is -2.19. The molecule has 2 aromatic rings. The Morgan fingerprint density at radius 3 is 2.48 bits per heavy atom. The molecule has 0 unspecified atom stereocenters. The molecule has 0 N–H and O–H groups in total. The first-order valence-electron chi connectivity index (χ1n) is 9.30. The Labute approximate surface area is 149 Å². The number of hydrogen-bond donors (Lipinski definition) is 0. The maximum atomic E-state index is 6.31. The van der Waals surface area contributed by atoms with Gasteiger partial charge in [-0.2, -0.15) is 0 Å². The third kappa shape index (κ3) is 2.97. The molecule has 132 valence electrons. The highest BCUT2D eigenvalue weighted by Gasteiger charge is 2.24. The Morgan fingerprint density at radius 1 is 0.880 bits per heavy atom. The number of benzene rings is 2. The van der Waals surface area contributed by atoms with E-state index in [0.717, 1.165) is 30.1 Å². The van der Waals surface area contributed by atoms with Crippen LogP contribution in [0.1, 0.15) is 36.8 Å². The van der Waals surface area contributed by atoms with Crippen LogP contribution in [0.4, 0.5) is 0 Å². The van der Waals surface area contributed by atoms with Crippen LogP contribution >= 0.6 is 0 Å². The van der Waals surface area contributed by atoms with Gasteiger partial charge in [-0.25, -0.2) is 0 Å². The summed E-state index contributed by atoms with van der Waals surface area (Å²) >= 11 is 0. The van der Waals surface area contributed by atoms with Crippen LogP contribution in [0.5, 0.6) is 17.2 Å². The molecule has 0 atom stereocenters. The topological polar surface area (TPSA) is 27.7 Å². The molecule has 0 bridgehead atoms. The van der Waals surface area contributed by atoms with Gasteiger partial charge in [-0.3, -0.25) is 0 Å². The first kappa shape index (κ1) is 16.3. The Kier molecular flexibility index (Phi) is 4.56. The Hall–Kier alpha value is -2.16. The number of aryl methyl sites for hydroxylation is 1. The predicted molar refractivity (Wildman–Crippen MR) is 99.8 cm³/mol. The normalized spacial score (nSPS) is 16.2. The summed E-state index contributed by atoms with van der Waals surface area (Å²) in [5, 5.41) is 0. The summed E-state index contributed by atoms with van der Waals surface area (Å²) in [5.41, 5.74) is 5.33. The molecular weight excluding hydrogens is 312 g/mol. The van der Waals surface area contributed by atoms with Crippen molar-refractivity contribution in [2.24, 2.45) is 5.92 Å². The minimum absolute atomic E-state index is 0.672. The smallest absolute Gasteiger partial charge is 0.203 e. The maximum Gasteiger partial charge on any atom is 0.203 e. The lowest BCUT2D eigenvalue weighted by molar-refractivity contribution is 0.175. The van der Waals surface area contributed by atoms with Crippen molar-refractivity contribution in [3.63, 3.8) is 0 Å². The molecule has 2 aliphatic rings. The van der Waals surface area contributed by atoms with Crippen molar-refractivity contribution in [1.29, 1.82) is 0 Å². The average molecular weight is 338 g/mol. The number of hydrogen-bond acceptors (Lipinski definition) is 3. The van der Waals surface area contributed by atoms with Gasteiger partial charge in [0, 0.05) is 5.56 Å². The standard InChI is InChI=1S/C22H26O3/c1-23-20-13-12-19(18-11-5-9-16-8-4-10-17(16)18)21(22(20)24-2)25-14-15-6-3-7-15/h5,9,11-13,15H,3-4,6-8,10,14H2,1-2H3. The molecular formula is C22H26O3. The monoisotopic (exact) mass is 338 g/mol. The Balaban J connectivity index is 1.79. The zero-order valence-electron chi connectivity index (χ0n) is 15.1. The quantitative estimate of drug-likeness (QED) is 0.738. The molecule has 0 amide bonds. The molecule has 0 aromatic heterocycles. The van der Waals surface area contributed by atoms with E-state index in [2.05, 4.69) is 24.3 Å². The fourth-order valence-electron chi connectivity index (χ4n) is 3.99. The van der Waals surface area contributed by atoms with Crippen LogP contribution < -0.4 is 14.2 Å². The van der Waals surface area contributed by atoms with Gasteiger partial charge in [0.25, 0.3) is 0 Å². The summed E-state index contributed by atoms with van der Waals surface area (Å²) in [7, 11) is 3.36. The first-order chi connectivity index (χ1) is 12.3. The number of ether oxygens (including phenoxy) is 3. The van der Waals surface area contributed by atoms with Crippen molar-refractivity contribution >= 4 is 0 Å². The van der Waals surface area contributed by atoms with Crippen LogP contribution in [0.15, 0.2) is 30.3 Å². The van der Waals surface area contributed by atoms with Crippen molar-refractivity contribution in [1.82, 2.24) is 0 Å². The van der Waals surface area contributed by atoms with Gasteiger partial charge in [0.15, 0.2) is 11.5 Å². The van der Waals surface area contributed by atoms with E-state index in [1.54, 1.807) is 14.2 Å². The van der Waals surface area contributed by atoms with Crippen molar-refractivity contribution in [3.8, 4) is 28.4 Å². The Morgan fingerprint density at radius 2 is 1.76 bits per heavy atom. The largest absolute Gasteiger partial charge is 0.493 e. The predicted octanol–water partition coefficient (Wildman–Crippen LogP) is 5.04. The highest BCUT2D eigenvalue weighted by atomic mass is 16.5. The van der Waals surface area contributed by atoms with E-state index in [1.165, 1.54) is 48.8 Å². The molecule has 4 rings (SSSR count). The molecule has 3 heteroatoms. The van der Waals surface area contributed by atoms with Crippen LogP contribution in [0.2, 0.25) is 0 Å². The Bertz CT molecular complexity index is 762. The van der Waals surface area contributed by atoms with Gasteiger partial charge in [0.1, 0.15) is 0 Å². The summed E-state index contributed by atoms with van der Waals surface area (Å²) in [4.78, 5) is 0. The van der Waals surface area contributed by atoms with Crippen LogP contribution in [0.3, 0.4) is 0 Å². The zero-order valence-corrected chi connectivity index (χ0v) is 15.1. The summed E-state index contributed by atoms with van der Waals surface area (Å²) < 4.78 is 17.5. The van der Waals surface area contributed by atoms with Gasteiger partial charge in [0.2, 0.25) is 5.75 Å². The minimum Gasteiger partial charge on any atom is -0.493 e. The third-order valence-corrected chi connectivity index (χ3v) is 5.62. The number of methoxy groups -OCH3 is 2. The van der Waals surface area contributed by atoms with E-state index >= 15 is 0 Å². The molecule has 0 saturated heterocycles. The molecule has 2 aliphatic carbocycles. The summed E-state index contributed by atoms with van der Waals surface area (Å²) in [6.45, 7) is 0.756. The van der Waals surface area contributed by atoms with E-state index in [9.17, 15) is 0 Å². The second-order valence-electron chi connectivity index (χ2n) is 7.08. The summed E-state index contributed by atoms with van der Waals surface area (Å²) in [6, 6.07) is 10.7. The van der Waals surface area contributed by atoms with E-state index < -0.39 is 0 Å². The van der Waals surface area contributed by atoms with E-state index in [0.29, 0.717) is 11.7 Å². The highest BCUT2D eigenvalue weighted by molar-refractivity contribution is 5.79. The molecule has 25 heavy (non-hydrogen) atoms. The fraction of sp³-hybridized carbons (Fsp3) is 0.455. The van der Waals surface area contributed by atoms with Gasteiger partial charge >= 0.3 is 0 Å². The lowest BCUT2D eigenvalue weighted by atomic mass is 9.86. The highest BCUT2D eigenvalue weighted by Crippen LogP contribution is 2.47. The van der Waals surface area contributed by atoms with Crippen LogP contribution in [-0.4, -0.2) is 20.8 Å². The molecule has 1 fully saturated rings. The van der Waals surface area contributed by atoms with Crippen LogP contribution in [0.25, 0.3) is 11.1 Å². The molecule has 0 radical (unpaired) electrons. The van der Waals surface area contributed by atoms with Gasteiger partial charge in [-0.1, -0.05) is 24.6 Å². The van der Waals surface area contributed by atoms with E-state index in [4.69, 9.17) is 14.2 Å². The van der Waals surface area contributed by atoms with E-state index in [-0.39, 0.29) is 0 Å². The van der Waals surface area contributed by atoms with Gasteiger partial charge in [0.05, 0.1) is 20.8 Å². The number of fused-ring (bicyclic) bond motifs is 1. The summed E-state index contributed by atoms with van der Waals surface area (Å²) in [5.74, 6) is 2.93. The second-order valence-corrected chi connectivity index (χ2v) is 7.08. The summed E-state index contributed by atoms with van der Waals surface area (Å²) in [6.07, 6.45) is 7.40. The van der Waals surface area contributed by atoms with Crippen LogP contribution in [0, 0.1) is 5.92 Å². The lowest BCUT2D eigenvalue weighted by Gasteiger charge is -2.27. The first-order valence-corrected chi connectivity index (χ1v) is 9.30. The van der Waals surface area contributed by atoms with E-state index in [1.807, 2.05) is 6.07 Å². The second kappa shape index (κ2) is 6.99. The van der Waals surface area contributed by atoms with Crippen molar-refractivity contribution < 1.29 is 14.2 Å². The average Bonchev–Trinajstić information content (AvgIpc) is 3.08. The van der Waals surface area contributed by atoms with Gasteiger partial charge < -0.3 is 14.2 Å². The molecule has 2 aromatic carbocycles. The maximum absolute atomic E-state index is 6.31. The van der Waals surface area contributed by atoms with Crippen molar-refractivity contribution in [3.05, 3.63) is 41.5 Å². The fourth-order valence-corrected chi connectivity index (χ4v) is 3.99. The number of rotatable bonds is 6. The molecule has 0 aliphatic heterocycles. The molecule has 0 spiro atoms. The SMILES string of the molecule is COc1ccc(-c2cccc3c2CCC3)c(OCC2CCC2)c1OC. The molecule has 3 nitrogen and oxygen atoms in total. The van der Waals surface area contributed by atoms with Crippen LogP contribution in [-0.2, 0) is 12.8 Å². The van der Waals surface area contributed by atoms with Crippen molar-refractivity contribution in [2.45, 2.75) is 38.5 Å². The van der Waals surface area contributed by atoms with Gasteiger partial charge in [-0.15, -0.1) is 0 Å².